The van der Waals surface area contributed by atoms with Gasteiger partial charge in [0.2, 0.25) is 0 Å². The van der Waals surface area contributed by atoms with E-state index in [0.29, 0.717) is 10.6 Å². The van der Waals surface area contributed by atoms with Crippen LogP contribution < -0.4 is 5.32 Å². The van der Waals surface area contributed by atoms with E-state index in [2.05, 4.69) is 15.3 Å². The monoisotopic (exact) mass is 299 g/mol. The summed E-state index contributed by atoms with van der Waals surface area (Å²) in [6, 6.07) is 14.4. The van der Waals surface area contributed by atoms with Crippen LogP contribution in [0.25, 0.3) is 11.0 Å². The van der Waals surface area contributed by atoms with Crippen molar-refractivity contribution in [1.82, 2.24) is 15.3 Å². The van der Waals surface area contributed by atoms with Gasteiger partial charge in [0.25, 0.3) is 5.91 Å². The highest BCUT2D eigenvalue weighted by molar-refractivity contribution is 6.30. The summed E-state index contributed by atoms with van der Waals surface area (Å²) < 4.78 is 0. The van der Waals surface area contributed by atoms with Crippen molar-refractivity contribution in [3.05, 3.63) is 64.9 Å². The first kappa shape index (κ1) is 13.6. The van der Waals surface area contributed by atoms with Crippen LogP contribution in [0, 0.1) is 0 Å². The van der Waals surface area contributed by atoms with Crippen LogP contribution in [-0.4, -0.2) is 15.9 Å². The SMILES string of the molecule is CC(NC(=O)c1cccc(Cl)c1)c1nc2ccccc2[nH]1. The van der Waals surface area contributed by atoms with Crippen LogP contribution >= 0.6 is 11.6 Å². The van der Waals surface area contributed by atoms with Gasteiger partial charge in [0.15, 0.2) is 0 Å². The lowest BCUT2D eigenvalue weighted by Crippen LogP contribution is -2.27. The number of nitrogens with one attached hydrogen (secondary N) is 2. The molecule has 21 heavy (non-hydrogen) atoms. The van der Waals surface area contributed by atoms with E-state index in [1.54, 1.807) is 24.3 Å². The normalized spacial score (nSPS) is 12.3. The largest absolute Gasteiger partial charge is 0.342 e. The molecule has 0 saturated carbocycles. The number of nitrogens with zero attached hydrogens (tertiary/aromatic N) is 1. The van der Waals surface area contributed by atoms with E-state index in [-0.39, 0.29) is 11.9 Å². The highest BCUT2D eigenvalue weighted by atomic mass is 35.5. The second kappa shape index (κ2) is 5.58. The minimum Gasteiger partial charge on any atom is -0.342 e. The van der Waals surface area contributed by atoms with Crippen LogP contribution in [0.15, 0.2) is 48.5 Å². The Kier molecular flexibility index (Phi) is 3.62. The molecule has 0 fully saturated rings. The summed E-state index contributed by atoms with van der Waals surface area (Å²) in [6.07, 6.45) is 0. The molecule has 5 heteroatoms. The van der Waals surface area contributed by atoms with Crippen molar-refractivity contribution in [3.8, 4) is 0 Å². The van der Waals surface area contributed by atoms with Crippen molar-refractivity contribution in [2.75, 3.05) is 0 Å². The number of amides is 1. The Morgan fingerprint density at radius 1 is 1.24 bits per heavy atom. The molecule has 0 spiro atoms. The van der Waals surface area contributed by atoms with E-state index in [0.717, 1.165) is 16.9 Å². The summed E-state index contributed by atoms with van der Waals surface area (Å²) in [7, 11) is 0. The molecule has 1 unspecified atom stereocenters. The van der Waals surface area contributed by atoms with Crippen molar-refractivity contribution in [3.63, 3.8) is 0 Å². The predicted octanol–water partition coefficient (Wildman–Crippen LogP) is 3.71. The van der Waals surface area contributed by atoms with E-state index >= 15 is 0 Å². The van der Waals surface area contributed by atoms with Gasteiger partial charge in [-0.25, -0.2) is 4.98 Å². The van der Waals surface area contributed by atoms with E-state index in [4.69, 9.17) is 11.6 Å². The van der Waals surface area contributed by atoms with Crippen molar-refractivity contribution in [2.45, 2.75) is 13.0 Å². The molecular weight excluding hydrogens is 286 g/mol. The lowest BCUT2D eigenvalue weighted by molar-refractivity contribution is 0.0938. The molecule has 1 atom stereocenters. The van der Waals surface area contributed by atoms with Crippen molar-refractivity contribution in [1.29, 1.82) is 0 Å². The Bertz CT molecular complexity index is 764. The van der Waals surface area contributed by atoms with E-state index in [1.165, 1.54) is 0 Å². The molecule has 0 aliphatic heterocycles. The molecule has 2 aromatic carbocycles. The number of aromatic amines is 1. The lowest BCUT2D eigenvalue weighted by Gasteiger charge is -2.11. The van der Waals surface area contributed by atoms with Crippen molar-refractivity contribution < 1.29 is 4.79 Å². The van der Waals surface area contributed by atoms with E-state index in [9.17, 15) is 4.79 Å². The summed E-state index contributed by atoms with van der Waals surface area (Å²) in [4.78, 5) is 19.9. The molecule has 0 aliphatic carbocycles. The molecule has 1 heterocycles. The molecule has 1 aromatic heterocycles. The minimum absolute atomic E-state index is 0.176. The smallest absolute Gasteiger partial charge is 0.251 e. The third kappa shape index (κ3) is 2.90. The van der Waals surface area contributed by atoms with Crippen LogP contribution in [0.1, 0.15) is 29.1 Å². The van der Waals surface area contributed by atoms with Crippen LogP contribution in [0.3, 0.4) is 0 Å². The van der Waals surface area contributed by atoms with Gasteiger partial charge in [0.1, 0.15) is 5.82 Å². The zero-order valence-electron chi connectivity index (χ0n) is 11.4. The number of hydrogen-bond acceptors (Lipinski definition) is 2. The lowest BCUT2D eigenvalue weighted by atomic mass is 10.2. The van der Waals surface area contributed by atoms with Gasteiger partial charge in [-0.3, -0.25) is 4.79 Å². The molecule has 0 radical (unpaired) electrons. The summed E-state index contributed by atoms with van der Waals surface area (Å²) >= 11 is 5.90. The van der Waals surface area contributed by atoms with E-state index < -0.39 is 0 Å². The molecule has 3 aromatic rings. The molecule has 4 nitrogen and oxygen atoms in total. The number of carbonyl (C=O) groups excluding carboxylic acids is 1. The summed E-state index contributed by atoms with van der Waals surface area (Å²) in [5.74, 6) is 0.553. The number of aromatic nitrogens is 2. The Morgan fingerprint density at radius 2 is 2.05 bits per heavy atom. The number of carbonyl (C=O) groups is 1. The quantitative estimate of drug-likeness (QED) is 0.774. The number of fused-ring (bicyclic) bond motifs is 1. The maximum atomic E-state index is 12.2. The average Bonchev–Trinajstić information content (AvgIpc) is 2.91. The van der Waals surface area contributed by atoms with Gasteiger partial charge in [0, 0.05) is 10.6 Å². The van der Waals surface area contributed by atoms with Gasteiger partial charge in [-0.05, 0) is 37.3 Å². The molecule has 2 N–H and O–H groups in total. The van der Waals surface area contributed by atoms with Crippen LogP contribution in [-0.2, 0) is 0 Å². The highest BCUT2D eigenvalue weighted by Gasteiger charge is 2.14. The highest BCUT2D eigenvalue weighted by Crippen LogP contribution is 2.16. The molecule has 1 amide bonds. The van der Waals surface area contributed by atoms with Gasteiger partial charge in [-0.15, -0.1) is 0 Å². The van der Waals surface area contributed by atoms with Gasteiger partial charge in [0.05, 0.1) is 17.1 Å². The maximum absolute atomic E-state index is 12.2. The third-order valence-electron chi connectivity index (χ3n) is 3.25. The van der Waals surface area contributed by atoms with Gasteiger partial charge < -0.3 is 10.3 Å². The fraction of sp³-hybridized carbons (Fsp3) is 0.125. The van der Waals surface area contributed by atoms with Crippen LogP contribution in [0.2, 0.25) is 5.02 Å². The molecule has 0 bridgehead atoms. The first-order valence-corrected chi connectivity index (χ1v) is 7.02. The zero-order chi connectivity index (χ0) is 14.8. The van der Waals surface area contributed by atoms with Gasteiger partial charge >= 0.3 is 0 Å². The Morgan fingerprint density at radius 3 is 2.81 bits per heavy atom. The second-order valence-electron chi connectivity index (χ2n) is 4.84. The number of rotatable bonds is 3. The number of para-hydroxylation sites is 2. The number of halogens is 1. The van der Waals surface area contributed by atoms with Crippen LogP contribution in [0.4, 0.5) is 0 Å². The third-order valence-corrected chi connectivity index (χ3v) is 3.49. The summed E-state index contributed by atoms with van der Waals surface area (Å²) in [6.45, 7) is 1.89. The molecule has 3 rings (SSSR count). The number of H-pyrrole nitrogens is 1. The first-order chi connectivity index (χ1) is 10.1. The number of hydrogen-bond donors (Lipinski definition) is 2. The van der Waals surface area contributed by atoms with Gasteiger partial charge in [-0.2, -0.15) is 0 Å². The maximum Gasteiger partial charge on any atom is 0.251 e. The van der Waals surface area contributed by atoms with Crippen molar-refractivity contribution >= 4 is 28.5 Å². The topological polar surface area (TPSA) is 57.8 Å². The van der Waals surface area contributed by atoms with Crippen LogP contribution in [0.5, 0.6) is 0 Å². The standard InChI is InChI=1S/C16H14ClN3O/c1-10(15-19-13-7-2-3-8-14(13)20-15)18-16(21)11-5-4-6-12(17)9-11/h2-10H,1H3,(H,18,21)(H,19,20). The molecule has 106 valence electrons. The Balaban J connectivity index is 1.79. The number of imidazole rings is 1. The molecular formula is C16H14ClN3O. The summed E-state index contributed by atoms with van der Waals surface area (Å²) in [5, 5.41) is 3.45. The Hall–Kier alpha value is -2.33. The first-order valence-electron chi connectivity index (χ1n) is 6.64. The summed E-state index contributed by atoms with van der Waals surface area (Å²) in [5.41, 5.74) is 2.37. The average molecular weight is 300 g/mol. The minimum atomic E-state index is -0.219. The predicted molar refractivity (Wildman–Crippen MR) is 83.4 cm³/mol. The van der Waals surface area contributed by atoms with Crippen molar-refractivity contribution in [2.24, 2.45) is 0 Å². The zero-order valence-corrected chi connectivity index (χ0v) is 12.2. The molecule has 0 saturated heterocycles. The second-order valence-corrected chi connectivity index (χ2v) is 5.28. The van der Waals surface area contributed by atoms with E-state index in [1.807, 2.05) is 31.2 Å². The fourth-order valence-corrected chi connectivity index (χ4v) is 2.35. The molecule has 0 aliphatic rings. The number of benzene rings is 2. The van der Waals surface area contributed by atoms with Gasteiger partial charge in [-0.1, -0.05) is 29.8 Å². The Labute approximate surface area is 127 Å². The fourth-order valence-electron chi connectivity index (χ4n) is 2.16.